The van der Waals surface area contributed by atoms with Gasteiger partial charge in [0.05, 0.1) is 17.2 Å². The van der Waals surface area contributed by atoms with E-state index in [-0.39, 0.29) is 12.1 Å². The highest BCUT2D eigenvalue weighted by Gasteiger charge is 2.30. The number of benzene rings is 1. The van der Waals surface area contributed by atoms with E-state index in [1.165, 1.54) is 0 Å². The van der Waals surface area contributed by atoms with Crippen LogP contribution in [0.2, 0.25) is 0 Å². The molecule has 4 nitrogen and oxygen atoms in total. The maximum atomic E-state index is 6.37. The highest BCUT2D eigenvalue weighted by atomic mass is 79.9. The summed E-state index contributed by atoms with van der Waals surface area (Å²) in [5, 5.41) is 0. The molecule has 0 saturated carbocycles. The lowest BCUT2D eigenvalue weighted by atomic mass is 9.89. The van der Waals surface area contributed by atoms with Crippen molar-refractivity contribution in [2.24, 2.45) is 11.7 Å². The van der Waals surface area contributed by atoms with Crippen molar-refractivity contribution in [3.63, 3.8) is 0 Å². The average Bonchev–Trinajstić information content (AvgIpc) is 2.86. The first kappa shape index (κ1) is 15.8. The van der Waals surface area contributed by atoms with E-state index in [1.807, 2.05) is 18.2 Å². The molecule has 3 unspecified atom stereocenters. The SMILES string of the molecule is COCCOc1ccc(C(N)C2CCOC2C)cc1Br. The summed E-state index contributed by atoms with van der Waals surface area (Å²) in [6.07, 6.45) is 1.24. The fourth-order valence-electron chi connectivity index (χ4n) is 2.54. The van der Waals surface area contributed by atoms with Gasteiger partial charge in [-0.3, -0.25) is 0 Å². The minimum absolute atomic E-state index is 0.00294. The Bertz CT molecular complexity index is 441. The smallest absolute Gasteiger partial charge is 0.133 e. The summed E-state index contributed by atoms with van der Waals surface area (Å²) < 4.78 is 17.1. The summed E-state index contributed by atoms with van der Waals surface area (Å²) in [5.41, 5.74) is 7.48. The molecule has 0 bridgehead atoms. The van der Waals surface area contributed by atoms with Crippen LogP contribution in [0.1, 0.15) is 24.9 Å². The van der Waals surface area contributed by atoms with Crippen molar-refractivity contribution in [2.45, 2.75) is 25.5 Å². The van der Waals surface area contributed by atoms with Gasteiger partial charge in [-0.25, -0.2) is 0 Å². The lowest BCUT2D eigenvalue weighted by molar-refractivity contribution is 0.0995. The van der Waals surface area contributed by atoms with Gasteiger partial charge < -0.3 is 19.9 Å². The Morgan fingerprint density at radius 2 is 2.25 bits per heavy atom. The van der Waals surface area contributed by atoms with Crippen LogP contribution in [0.25, 0.3) is 0 Å². The van der Waals surface area contributed by atoms with Crippen molar-refractivity contribution in [1.82, 2.24) is 0 Å². The summed E-state index contributed by atoms with van der Waals surface area (Å²) >= 11 is 3.54. The number of hydrogen-bond acceptors (Lipinski definition) is 4. The molecule has 112 valence electrons. The number of ether oxygens (including phenoxy) is 3. The third-order valence-electron chi connectivity index (χ3n) is 3.78. The molecule has 1 aliphatic rings. The molecule has 0 spiro atoms. The van der Waals surface area contributed by atoms with E-state index in [4.69, 9.17) is 19.9 Å². The Morgan fingerprint density at radius 3 is 2.85 bits per heavy atom. The number of rotatable bonds is 6. The predicted octanol–water partition coefficient (Wildman–Crippen LogP) is 2.90. The standard InChI is InChI=1S/C15H22BrNO3/c1-10-12(5-6-19-10)15(17)11-3-4-14(13(16)9-11)20-8-7-18-2/h3-4,9-10,12,15H,5-8,17H2,1-2H3. The predicted molar refractivity (Wildman–Crippen MR) is 82.0 cm³/mol. The van der Waals surface area contributed by atoms with Gasteiger partial charge in [-0.1, -0.05) is 6.07 Å². The van der Waals surface area contributed by atoms with Crippen molar-refractivity contribution < 1.29 is 14.2 Å². The molecule has 0 aromatic heterocycles. The summed E-state index contributed by atoms with van der Waals surface area (Å²) in [6.45, 7) is 4.01. The highest BCUT2D eigenvalue weighted by molar-refractivity contribution is 9.10. The van der Waals surface area contributed by atoms with E-state index in [2.05, 4.69) is 22.9 Å². The molecule has 1 fully saturated rings. The van der Waals surface area contributed by atoms with Crippen LogP contribution in [0.5, 0.6) is 5.75 Å². The monoisotopic (exact) mass is 343 g/mol. The minimum Gasteiger partial charge on any atom is -0.490 e. The molecule has 5 heteroatoms. The van der Waals surface area contributed by atoms with Crippen molar-refractivity contribution >= 4 is 15.9 Å². The Kier molecular flexibility index (Phi) is 5.84. The second-order valence-electron chi connectivity index (χ2n) is 5.09. The first-order valence-corrected chi connectivity index (χ1v) is 7.71. The first-order chi connectivity index (χ1) is 9.63. The van der Waals surface area contributed by atoms with Crippen LogP contribution in [0, 0.1) is 5.92 Å². The van der Waals surface area contributed by atoms with Crippen molar-refractivity contribution in [3.05, 3.63) is 28.2 Å². The van der Waals surface area contributed by atoms with Gasteiger partial charge in [-0.15, -0.1) is 0 Å². The molecule has 0 amide bonds. The molecule has 0 aliphatic carbocycles. The summed E-state index contributed by atoms with van der Waals surface area (Å²) in [5.74, 6) is 1.19. The van der Waals surface area contributed by atoms with Gasteiger partial charge >= 0.3 is 0 Å². The second-order valence-corrected chi connectivity index (χ2v) is 5.94. The largest absolute Gasteiger partial charge is 0.490 e. The lowest BCUT2D eigenvalue weighted by Gasteiger charge is -2.23. The van der Waals surface area contributed by atoms with E-state index in [1.54, 1.807) is 7.11 Å². The number of halogens is 1. The lowest BCUT2D eigenvalue weighted by Crippen LogP contribution is -2.26. The van der Waals surface area contributed by atoms with Crippen molar-refractivity contribution in [1.29, 1.82) is 0 Å². The van der Waals surface area contributed by atoms with Gasteiger partial charge in [0.2, 0.25) is 0 Å². The molecule has 3 atom stereocenters. The molecule has 1 saturated heterocycles. The van der Waals surface area contributed by atoms with Gasteiger partial charge in [0.15, 0.2) is 0 Å². The van der Waals surface area contributed by atoms with E-state index < -0.39 is 0 Å². The van der Waals surface area contributed by atoms with Crippen LogP contribution in [0.4, 0.5) is 0 Å². The van der Waals surface area contributed by atoms with Crippen LogP contribution in [-0.2, 0) is 9.47 Å². The maximum Gasteiger partial charge on any atom is 0.133 e. The van der Waals surface area contributed by atoms with Crippen molar-refractivity contribution in [3.8, 4) is 5.75 Å². The van der Waals surface area contributed by atoms with Crippen LogP contribution >= 0.6 is 15.9 Å². The van der Waals surface area contributed by atoms with Gasteiger partial charge in [-0.2, -0.15) is 0 Å². The normalized spacial score (nSPS) is 23.8. The molecular formula is C15H22BrNO3. The molecule has 1 aromatic rings. The van der Waals surface area contributed by atoms with Crippen LogP contribution in [0.15, 0.2) is 22.7 Å². The fraction of sp³-hybridized carbons (Fsp3) is 0.600. The van der Waals surface area contributed by atoms with Crippen LogP contribution < -0.4 is 10.5 Å². The van der Waals surface area contributed by atoms with E-state index in [9.17, 15) is 0 Å². The third kappa shape index (κ3) is 3.73. The van der Waals surface area contributed by atoms with E-state index >= 15 is 0 Å². The van der Waals surface area contributed by atoms with Gasteiger partial charge in [-0.05, 0) is 47.0 Å². The summed E-state index contributed by atoms with van der Waals surface area (Å²) in [6, 6.07) is 6.02. The van der Waals surface area contributed by atoms with Gasteiger partial charge in [0, 0.05) is 25.7 Å². The van der Waals surface area contributed by atoms with Crippen molar-refractivity contribution in [2.75, 3.05) is 26.9 Å². The zero-order valence-corrected chi connectivity index (χ0v) is 13.6. The zero-order chi connectivity index (χ0) is 14.5. The number of nitrogens with two attached hydrogens (primary N) is 1. The van der Waals surface area contributed by atoms with Crippen LogP contribution in [-0.4, -0.2) is 33.0 Å². The topological polar surface area (TPSA) is 53.7 Å². The maximum absolute atomic E-state index is 6.37. The van der Waals surface area contributed by atoms with E-state index in [0.717, 1.165) is 28.8 Å². The number of hydrogen-bond donors (Lipinski definition) is 1. The Labute approximate surface area is 128 Å². The molecular weight excluding hydrogens is 322 g/mol. The van der Waals surface area contributed by atoms with E-state index in [0.29, 0.717) is 19.1 Å². The summed E-state index contributed by atoms with van der Waals surface area (Å²) in [4.78, 5) is 0. The van der Waals surface area contributed by atoms with Gasteiger partial charge in [0.1, 0.15) is 12.4 Å². The zero-order valence-electron chi connectivity index (χ0n) is 12.0. The average molecular weight is 344 g/mol. The second kappa shape index (κ2) is 7.41. The fourth-order valence-corrected chi connectivity index (χ4v) is 3.05. The highest BCUT2D eigenvalue weighted by Crippen LogP contribution is 2.34. The van der Waals surface area contributed by atoms with Crippen LogP contribution in [0.3, 0.4) is 0 Å². The Morgan fingerprint density at radius 1 is 1.45 bits per heavy atom. The quantitative estimate of drug-likeness (QED) is 0.807. The first-order valence-electron chi connectivity index (χ1n) is 6.92. The Balaban J connectivity index is 2.04. The van der Waals surface area contributed by atoms with Gasteiger partial charge in [0.25, 0.3) is 0 Å². The molecule has 1 aromatic carbocycles. The molecule has 1 heterocycles. The minimum atomic E-state index is -0.00294. The molecule has 2 rings (SSSR count). The molecule has 2 N–H and O–H groups in total. The number of methoxy groups -OCH3 is 1. The molecule has 1 aliphatic heterocycles. The molecule has 0 radical (unpaired) electrons. The molecule has 20 heavy (non-hydrogen) atoms. The third-order valence-corrected chi connectivity index (χ3v) is 4.40. The Hall–Kier alpha value is -0.620. The summed E-state index contributed by atoms with van der Waals surface area (Å²) in [7, 11) is 1.66.